The second-order valence-corrected chi connectivity index (χ2v) is 7.99. The van der Waals surface area contributed by atoms with Crippen molar-refractivity contribution >= 4 is 28.3 Å². The van der Waals surface area contributed by atoms with E-state index in [2.05, 4.69) is 10.0 Å². The smallest absolute Gasteiger partial charge is 0.240 e. The van der Waals surface area contributed by atoms with Gasteiger partial charge in [-0.3, -0.25) is 4.79 Å². The monoisotopic (exact) mass is 421 g/mol. The number of sulfonamides is 1. The quantitative estimate of drug-likeness (QED) is 0.496. The molecule has 0 bridgehead atoms. The van der Waals surface area contributed by atoms with Crippen LogP contribution in [0.5, 0.6) is 0 Å². The molecule has 8 nitrogen and oxygen atoms in total. The molecule has 0 aliphatic carbocycles. The van der Waals surface area contributed by atoms with Crippen LogP contribution in [0, 0.1) is 5.92 Å². The first-order chi connectivity index (χ1) is 12.4. The summed E-state index contributed by atoms with van der Waals surface area (Å²) in [6.07, 6.45) is 1.58. The molecule has 4 N–H and O–H groups in total. The first-order valence-electron chi connectivity index (χ1n) is 8.62. The number of benzene rings is 1. The summed E-state index contributed by atoms with van der Waals surface area (Å²) in [5.74, 6) is -0.0655. The average Bonchev–Trinajstić information content (AvgIpc) is 2.66. The minimum Gasteiger partial charge on any atom is -0.383 e. The van der Waals surface area contributed by atoms with Gasteiger partial charge in [-0.05, 0) is 36.5 Å². The van der Waals surface area contributed by atoms with Gasteiger partial charge >= 0.3 is 0 Å². The van der Waals surface area contributed by atoms with E-state index in [9.17, 15) is 13.2 Å². The fraction of sp³-hybridized carbons (Fsp3) is 0.588. The van der Waals surface area contributed by atoms with Crippen molar-refractivity contribution in [2.75, 3.05) is 33.5 Å². The summed E-state index contributed by atoms with van der Waals surface area (Å²) >= 11 is 0. The van der Waals surface area contributed by atoms with Crippen LogP contribution in [-0.2, 0) is 30.8 Å². The van der Waals surface area contributed by atoms with Gasteiger partial charge in [0.05, 0.1) is 17.5 Å². The third-order valence-corrected chi connectivity index (χ3v) is 5.85. The SMILES string of the molecule is COCCNS(=O)(=O)c1ccc(CNC(=O)C(N)C2CCOCC2)cc1.Cl. The number of carbonyl (C=O) groups excluding carboxylic acids is 1. The summed E-state index contributed by atoms with van der Waals surface area (Å²) < 4.78 is 36.7. The number of methoxy groups -OCH3 is 1. The van der Waals surface area contributed by atoms with Crippen molar-refractivity contribution in [2.24, 2.45) is 11.7 Å². The molecule has 10 heteroatoms. The molecule has 1 heterocycles. The van der Waals surface area contributed by atoms with Gasteiger partial charge in [-0.1, -0.05) is 12.1 Å². The summed E-state index contributed by atoms with van der Waals surface area (Å²) in [6, 6.07) is 5.81. The van der Waals surface area contributed by atoms with Crippen molar-refractivity contribution < 1.29 is 22.7 Å². The maximum Gasteiger partial charge on any atom is 0.240 e. The van der Waals surface area contributed by atoms with Crippen LogP contribution in [0.4, 0.5) is 0 Å². The highest BCUT2D eigenvalue weighted by atomic mass is 35.5. The Balaban J connectivity index is 0.00000364. The minimum absolute atomic E-state index is 0. The van der Waals surface area contributed by atoms with E-state index >= 15 is 0 Å². The van der Waals surface area contributed by atoms with E-state index in [1.54, 1.807) is 12.1 Å². The van der Waals surface area contributed by atoms with Gasteiger partial charge in [0.15, 0.2) is 0 Å². The Bertz CT molecular complexity index is 678. The molecule has 1 aliphatic heterocycles. The van der Waals surface area contributed by atoms with Crippen molar-refractivity contribution in [3.8, 4) is 0 Å². The van der Waals surface area contributed by atoms with Crippen LogP contribution in [0.3, 0.4) is 0 Å². The number of hydrogen-bond acceptors (Lipinski definition) is 6. The van der Waals surface area contributed by atoms with Gasteiger partial charge in [-0.15, -0.1) is 12.4 Å². The number of halogens is 1. The minimum atomic E-state index is -3.56. The number of hydrogen-bond donors (Lipinski definition) is 3. The second-order valence-electron chi connectivity index (χ2n) is 6.23. The number of amides is 1. The lowest BCUT2D eigenvalue weighted by atomic mass is 9.92. The Morgan fingerprint density at radius 2 is 1.93 bits per heavy atom. The van der Waals surface area contributed by atoms with Crippen LogP contribution in [0.15, 0.2) is 29.2 Å². The number of nitrogens with one attached hydrogen (secondary N) is 2. The van der Waals surface area contributed by atoms with Crippen LogP contribution < -0.4 is 15.8 Å². The normalized spacial score (nSPS) is 16.4. The summed E-state index contributed by atoms with van der Waals surface area (Å²) in [7, 11) is -2.05. The van der Waals surface area contributed by atoms with E-state index in [1.165, 1.54) is 19.2 Å². The second kappa shape index (κ2) is 11.6. The van der Waals surface area contributed by atoms with Gasteiger partial charge < -0.3 is 20.5 Å². The van der Waals surface area contributed by atoms with Gasteiger partial charge in [-0.25, -0.2) is 13.1 Å². The molecule has 1 unspecified atom stereocenters. The highest BCUT2D eigenvalue weighted by Gasteiger charge is 2.26. The lowest BCUT2D eigenvalue weighted by Crippen LogP contribution is -2.46. The number of ether oxygens (including phenoxy) is 2. The fourth-order valence-electron chi connectivity index (χ4n) is 2.74. The van der Waals surface area contributed by atoms with Crippen molar-refractivity contribution in [3.05, 3.63) is 29.8 Å². The molecule has 0 radical (unpaired) electrons. The Kier molecular flexibility index (Phi) is 10.2. The molecular formula is C17H28ClN3O5S. The van der Waals surface area contributed by atoms with Crippen LogP contribution >= 0.6 is 12.4 Å². The molecule has 1 atom stereocenters. The zero-order chi connectivity index (χ0) is 19.0. The van der Waals surface area contributed by atoms with E-state index in [-0.39, 0.29) is 35.7 Å². The molecule has 1 amide bonds. The number of carbonyl (C=O) groups is 1. The molecule has 1 aromatic carbocycles. The van der Waals surface area contributed by atoms with E-state index in [0.717, 1.165) is 18.4 Å². The summed E-state index contributed by atoms with van der Waals surface area (Å²) in [4.78, 5) is 12.4. The summed E-state index contributed by atoms with van der Waals surface area (Å²) in [6.45, 7) is 2.09. The topological polar surface area (TPSA) is 120 Å². The molecule has 0 spiro atoms. The number of nitrogens with two attached hydrogens (primary N) is 1. The van der Waals surface area contributed by atoms with E-state index in [0.29, 0.717) is 26.4 Å². The van der Waals surface area contributed by atoms with Crippen LogP contribution in [0.25, 0.3) is 0 Å². The molecule has 154 valence electrons. The maximum atomic E-state index is 12.2. The maximum absolute atomic E-state index is 12.2. The molecule has 1 aliphatic rings. The predicted molar refractivity (Wildman–Crippen MR) is 104 cm³/mol. The molecule has 27 heavy (non-hydrogen) atoms. The Labute approximate surface area is 166 Å². The van der Waals surface area contributed by atoms with Gasteiger partial charge in [0, 0.05) is 33.4 Å². The van der Waals surface area contributed by atoms with Gasteiger partial charge in [0.25, 0.3) is 0 Å². The molecule has 1 fully saturated rings. The molecule has 2 rings (SSSR count). The zero-order valence-corrected chi connectivity index (χ0v) is 17.0. The lowest BCUT2D eigenvalue weighted by molar-refractivity contribution is -0.124. The third kappa shape index (κ3) is 7.36. The van der Waals surface area contributed by atoms with E-state index in [1.807, 2.05) is 0 Å². The highest BCUT2D eigenvalue weighted by molar-refractivity contribution is 7.89. The van der Waals surface area contributed by atoms with Crippen molar-refractivity contribution in [2.45, 2.75) is 30.3 Å². The Morgan fingerprint density at radius 3 is 2.52 bits per heavy atom. The van der Waals surface area contributed by atoms with Crippen molar-refractivity contribution in [1.29, 1.82) is 0 Å². The standard InChI is InChI=1S/C17H27N3O5S.ClH/c1-24-11-8-20-26(22,23)15-4-2-13(3-5-15)12-19-17(21)16(18)14-6-9-25-10-7-14;/h2-5,14,16,20H,6-12,18H2,1H3,(H,19,21);1H. The highest BCUT2D eigenvalue weighted by Crippen LogP contribution is 2.18. The molecule has 1 aromatic rings. The van der Waals surface area contributed by atoms with Crippen molar-refractivity contribution in [1.82, 2.24) is 10.0 Å². The third-order valence-electron chi connectivity index (χ3n) is 4.38. The van der Waals surface area contributed by atoms with E-state index < -0.39 is 16.1 Å². The van der Waals surface area contributed by atoms with Gasteiger partial charge in [-0.2, -0.15) is 0 Å². The molecule has 1 saturated heterocycles. The Morgan fingerprint density at radius 1 is 1.30 bits per heavy atom. The zero-order valence-electron chi connectivity index (χ0n) is 15.3. The predicted octanol–water partition coefficient (Wildman–Crippen LogP) is 0.403. The molecule has 0 aromatic heterocycles. The largest absolute Gasteiger partial charge is 0.383 e. The van der Waals surface area contributed by atoms with Gasteiger partial charge in [0.2, 0.25) is 15.9 Å². The first-order valence-corrected chi connectivity index (χ1v) is 10.1. The van der Waals surface area contributed by atoms with Crippen LogP contribution in [0.1, 0.15) is 18.4 Å². The first kappa shape index (κ1) is 23.8. The van der Waals surface area contributed by atoms with Crippen LogP contribution in [-0.4, -0.2) is 53.8 Å². The molecule has 0 saturated carbocycles. The average molecular weight is 422 g/mol. The lowest BCUT2D eigenvalue weighted by Gasteiger charge is -2.26. The Hall–Kier alpha value is -1.23. The van der Waals surface area contributed by atoms with Crippen LogP contribution in [0.2, 0.25) is 0 Å². The number of rotatable bonds is 9. The van der Waals surface area contributed by atoms with Gasteiger partial charge in [0.1, 0.15) is 0 Å². The van der Waals surface area contributed by atoms with Crippen molar-refractivity contribution in [3.63, 3.8) is 0 Å². The fourth-order valence-corrected chi connectivity index (χ4v) is 3.76. The van der Waals surface area contributed by atoms with E-state index in [4.69, 9.17) is 15.2 Å². The summed E-state index contributed by atoms with van der Waals surface area (Å²) in [5.41, 5.74) is 6.83. The molecular weight excluding hydrogens is 394 g/mol. The summed E-state index contributed by atoms with van der Waals surface area (Å²) in [5, 5.41) is 2.81.